The molecule has 0 atom stereocenters. The zero-order valence-corrected chi connectivity index (χ0v) is 18.3. The number of nitrogens with zero attached hydrogens (tertiary/aromatic N) is 5. The molecular formula is C25H26N6O. The lowest BCUT2D eigenvalue weighted by molar-refractivity contribution is 0.273. The van der Waals surface area contributed by atoms with Gasteiger partial charge < -0.3 is 9.55 Å². The highest BCUT2D eigenvalue weighted by Crippen LogP contribution is 2.43. The highest BCUT2D eigenvalue weighted by atomic mass is 16.1. The van der Waals surface area contributed by atoms with E-state index in [2.05, 4.69) is 28.2 Å². The van der Waals surface area contributed by atoms with Gasteiger partial charge in [0.05, 0.1) is 5.56 Å². The summed E-state index contributed by atoms with van der Waals surface area (Å²) in [6.07, 6.45) is 10.1. The molecule has 3 heterocycles. The number of aromatic amines is 1. The van der Waals surface area contributed by atoms with Gasteiger partial charge in [0.1, 0.15) is 23.7 Å². The molecule has 32 heavy (non-hydrogen) atoms. The van der Waals surface area contributed by atoms with Crippen LogP contribution in [0, 0.1) is 17.2 Å². The SMILES string of the molecule is CC1CC(c2nncn2C)C1.N#Cc1c[nH]c2c(=O)n(-c3ccccc3)cc(C3CC3)c12. The Morgan fingerprint density at radius 1 is 1.16 bits per heavy atom. The first-order valence-electron chi connectivity index (χ1n) is 11.1. The number of H-pyrrole nitrogens is 1. The zero-order chi connectivity index (χ0) is 22.2. The van der Waals surface area contributed by atoms with Crippen molar-refractivity contribution in [3.8, 4) is 11.8 Å². The molecule has 6 rings (SSSR count). The van der Waals surface area contributed by atoms with E-state index in [0.717, 1.165) is 41.2 Å². The highest BCUT2D eigenvalue weighted by molar-refractivity contribution is 5.89. The van der Waals surface area contributed by atoms with Crippen LogP contribution in [0.1, 0.15) is 61.4 Å². The van der Waals surface area contributed by atoms with Gasteiger partial charge in [-0.1, -0.05) is 25.1 Å². The molecule has 2 aliphatic rings. The zero-order valence-electron chi connectivity index (χ0n) is 18.3. The third-order valence-corrected chi connectivity index (χ3v) is 6.53. The molecule has 7 nitrogen and oxygen atoms in total. The van der Waals surface area contributed by atoms with Crippen LogP contribution >= 0.6 is 0 Å². The molecule has 0 aliphatic heterocycles. The number of nitriles is 1. The predicted molar refractivity (Wildman–Crippen MR) is 123 cm³/mol. The third-order valence-electron chi connectivity index (χ3n) is 6.53. The van der Waals surface area contributed by atoms with Crippen LogP contribution in [0.3, 0.4) is 0 Å². The molecule has 0 bridgehead atoms. The van der Waals surface area contributed by atoms with Crippen LogP contribution < -0.4 is 5.56 Å². The molecule has 1 aromatic carbocycles. The summed E-state index contributed by atoms with van der Waals surface area (Å²) in [5, 5.41) is 18.0. The largest absolute Gasteiger partial charge is 0.355 e. The summed E-state index contributed by atoms with van der Waals surface area (Å²) in [5.74, 6) is 3.18. The lowest BCUT2D eigenvalue weighted by atomic mass is 9.76. The molecule has 0 saturated heterocycles. The lowest BCUT2D eigenvalue weighted by Gasteiger charge is -2.31. The van der Waals surface area contributed by atoms with Crippen molar-refractivity contribution in [2.75, 3.05) is 0 Å². The summed E-state index contributed by atoms with van der Waals surface area (Å²) in [5.41, 5.74) is 2.93. The second-order valence-electron chi connectivity index (χ2n) is 9.01. The number of aryl methyl sites for hydroxylation is 1. The molecule has 7 heteroatoms. The molecular weight excluding hydrogens is 400 g/mol. The van der Waals surface area contributed by atoms with E-state index in [4.69, 9.17) is 0 Å². The van der Waals surface area contributed by atoms with E-state index in [-0.39, 0.29) is 5.56 Å². The van der Waals surface area contributed by atoms with Gasteiger partial charge in [-0.25, -0.2) is 0 Å². The van der Waals surface area contributed by atoms with Gasteiger partial charge >= 0.3 is 0 Å². The maximum Gasteiger partial charge on any atom is 0.279 e. The molecule has 162 valence electrons. The van der Waals surface area contributed by atoms with E-state index in [1.54, 1.807) is 17.1 Å². The van der Waals surface area contributed by atoms with Gasteiger partial charge in [0.2, 0.25) is 0 Å². The van der Waals surface area contributed by atoms with E-state index < -0.39 is 0 Å². The van der Waals surface area contributed by atoms with Crippen LogP contribution in [0.15, 0.2) is 53.8 Å². The van der Waals surface area contributed by atoms with Crippen molar-refractivity contribution in [2.24, 2.45) is 13.0 Å². The van der Waals surface area contributed by atoms with Crippen LogP contribution in [0.2, 0.25) is 0 Å². The third kappa shape index (κ3) is 3.62. The van der Waals surface area contributed by atoms with Gasteiger partial charge in [0.15, 0.2) is 0 Å². The normalized spacial score (nSPS) is 19.7. The molecule has 0 unspecified atom stereocenters. The first-order chi connectivity index (χ1) is 15.6. The summed E-state index contributed by atoms with van der Waals surface area (Å²) < 4.78 is 3.70. The molecule has 0 radical (unpaired) electrons. The minimum atomic E-state index is -0.109. The molecule has 2 fully saturated rings. The summed E-state index contributed by atoms with van der Waals surface area (Å²) in [4.78, 5) is 15.7. The second kappa shape index (κ2) is 8.12. The van der Waals surface area contributed by atoms with Crippen molar-refractivity contribution in [3.63, 3.8) is 0 Å². The minimum absolute atomic E-state index is 0.109. The van der Waals surface area contributed by atoms with Gasteiger partial charge in [-0.15, -0.1) is 10.2 Å². The number of hydrogen-bond donors (Lipinski definition) is 1. The number of nitrogens with one attached hydrogen (secondary N) is 1. The Morgan fingerprint density at radius 2 is 1.91 bits per heavy atom. The van der Waals surface area contributed by atoms with Gasteiger partial charge in [-0.05, 0) is 55.2 Å². The summed E-state index contributed by atoms with van der Waals surface area (Å²) in [7, 11) is 2.01. The fourth-order valence-corrected chi connectivity index (χ4v) is 4.62. The van der Waals surface area contributed by atoms with Gasteiger partial charge in [-0.3, -0.25) is 9.36 Å². The Kier molecular flexibility index (Phi) is 5.14. The fourth-order valence-electron chi connectivity index (χ4n) is 4.62. The topological polar surface area (TPSA) is 92.3 Å². The predicted octanol–water partition coefficient (Wildman–Crippen LogP) is 4.40. The lowest BCUT2D eigenvalue weighted by Crippen LogP contribution is -2.21. The van der Waals surface area contributed by atoms with Crippen LogP contribution in [-0.2, 0) is 7.05 Å². The number of benzene rings is 1. The number of aromatic nitrogens is 5. The number of rotatable bonds is 3. The monoisotopic (exact) mass is 426 g/mol. The average molecular weight is 427 g/mol. The molecule has 0 spiro atoms. The van der Waals surface area contributed by atoms with E-state index >= 15 is 0 Å². The van der Waals surface area contributed by atoms with E-state index in [1.807, 2.05) is 48.1 Å². The Morgan fingerprint density at radius 3 is 2.50 bits per heavy atom. The van der Waals surface area contributed by atoms with E-state index in [9.17, 15) is 10.1 Å². The van der Waals surface area contributed by atoms with E-state index in [1.165, 1.54) is 12.8 Å². The average Bonchev–Trinajstić information content (AvgIpc) is 3.40. The van der Waals surface area contributed by atoms with Crippen molar-refractivity contribution in [1.82, 2.24) is 24.3 Å². The Hall–Kier alpha value is -3.66. The van der Waals surface area contributed by atoms with Crippen molar-refractivity contribution in [3.05, 3.63) is 76.4 Å². The van der Waals surface area contributed by atoms with Crippen LogP contribution in [0.25, 0.3) is 16.6 Å². The van der Waals surface area contributed by atoms with Gasteiger partial charge in [-0.2, -0.15) is 5.26 Å². The van der Waals surface area contributed by atoms with Crippen molar-refractivity contribution < 1.29 is 0 Å². The summed E-state index contributed by atoms with van der Waals surface area (Å²) in [6.45, 7) is 2.28. The van der Waals surface area contributed by atoms with Gasteiger partial charge in [0, 0.05) is 36.4 Å². The minimum Gasteiger partial charge on any atom is -0.355 e. The Balaban J connectivity index is 0.000000165. The number of hydrogen-bond acceptors (Lipinski definition) is 4. The molecule has 4 aromatic rings. The smallest absolute Gasteiger partial charge is 0.279 e. The van der Waals surface area contributed by atoms with Crippen molar-refractivity contribution >= 4 is 10.9 Å². The maximum absolute atomic E-state index is 12.7. The Bertz CT molecular complexity index is 1350. The van der Waals surface area contributed by atoms with Crippen molar-refractivity contribution in [2.45, 2.75) is 44.4 Å². The number of para-hydroxylation sites is 1. The summed E-state index contributed by atoms with van der Waals surface area (Å²) >= 11 is 0. The van der Waals surface area contributed by atoms with Crippen LogP contribution in [0.5, 0.6) is 0 Å². The van der Waals surface area contributed by atoms with Crippen LogP contribution in [-0.4, -0.2) is 24.3 Å². The second-order valence-corrected chi connectivity index (χ2v) is 9.01. The fraction of sp³-hybridized carbons (Fsp3) is 0.360. The number of pyridine rings is 1. The first-order valence-corrected chi connectivity index (χ1v) is 11.1. The molecule has 0 amide bonds. The molecule has 1 N–H and O–H groups in total. The molecule has 2 saturated carbocycles. The maximum atomic E-state index is 12.7. The van der Waals surface area contributed by atoms with Crippen molar-refractivity contribution in [1.29, 1.82) is 5.26 Å². The molecule has 3 aromatic heterocycles. The molecule has 2 aliphatic carbocycles. The first kappa shape index (κ1) is 20.3. The number of fused-ring (bicyclic) bond motifs is 1. The standard InChI is InChI=1S/C17H13N3O.C8H13N3/c18-8-12-9-19-16-15(12)14(11-6-7-11)10-20(17(16)21)13-4-2-1-3-5-13;1-6-3-7(4-6)8-10-9-5-11(8)2/h1-5,9-11,19H,6-7H2;5-7H,3-4H2,1-2H3. The quantitative estimate of drug-likeness (QED) is 0.526. The Labute approximate surface area is 186 Å². The van der Waals surface area contributed by atoms with Gasteiger partial charge in [0.25, 0.3) is 5.56 Å². The highest BCUT2D eigenvalue weighted by Gasteiger charge is 2.30. The van der Waals surface area contributed by atoms with Crippen LogP contribution in [0.4, 0.5) is 0 Å². The van der Waals surface area contributed by atoms with E-state index in [0.29, 0.717) is 22.9 Å². The summed E-state index contributed by atoms with van der Waals surface area (Å²) in [6, 6.07) is 11.8.